The van der Waals surface area contributed by atoms with Gasteiger partial charge < -0.3 is 10.0 Å². The van der Waals surface area contributed by atoms with E-state index in [9.17, 15) is 9.59 Å². The second-order valence-electron chi connectivity index (χ2n) is 7.13. The summed E-state index contributed by atoms with van der Waals surface area (Å²) in [7, 11) is 0. The van der Waals surface area contributed by atoms with E-state index in [2.05, 4.69) is 5.10 Å². The number of hydrogen-bond acceptors (Lipinski definition) is 3. The van der Waals surface area contributed by atoms with Crippen molar-refractivity contribution in [1.82, 2.24) is 14.7 Å². The zero-order valence-electron chi connectivity index (χ0n) is 14.3. The number of carboxylic acid groups (broad SMARTS) is 1. The van der Waals surface area contributed by atoms with Crippen LogP contribution in [0.4, 0.5) is 0 Å². The third kappa shape index (κ3) is 2.98. The number of nitrogens with zero attached hydrogens (tertiary/aromatic N) is 3. The molecule has 136 valence electrons. The average Bonchev–Trinajstić information content (AvgIpc) is 3.30. The molecule has 1 aliphatic carbocycles. The molecule has 1 aliphatic heterocycles. The number of rotatable bonds is 4. The first kappa shape index (κ1) is 17.1. The van der Waals surface area contributed by atoms with Crippen LogP contribution in [0.2, 0.25) is 5.02 Å². The second-order valence-corrected chi connectivity index (χ2v) is 7.56. The fraction of sp³-hybridized carbons (Fsp3) is 0.421. The van der Waals surface area contributed by atoms with Crippen LogP contribution >= 0.6 is 11.6 Å². The van der Waals surface area contributed by atoms with E-state index in [0.29, 0.717) is 18.1 Å². The molecule has 2 aromatic rings. The molecule has 0 unspecified atom stereocenters. The topological polar surface area (TPSA) is 75.4 Å². The van der Waals surface area contributed by atoms with Crippen molar-refractivity contribution in [2.24, 2.45) is 0 Å². The number of amides is 1. The van der Waals surface area contributed by atoms with Crippen molar-refractivity contribution in [3.8, 4) is 0 Å². The summed E-state index contributed by atoms with van der Waals surface area (Å²) in [6, 6.07) is 7.73. The van der Waals surface area contributed by atoms with E-state index < -0.39 is 5.97 Å². The van der Waals surface area contributed by atoms with Crippen LogP contribution in [0.1, 0.15) is 47.6 Å². The van der Waals surface area contributed by atoms with Gasteiger partial charge in [-0.05, 0) is 43.4 Å². The fourth-order valence-corrected chi connectivity index (χ4v) is 3.93. The SMILES string of the molecule is O=C(O)c1cnn(C2CCN(C(=O)C3(c4ccc(Cl)cc4)CC3)CC2)c1. The minimum atomic E-state index is -0.970. The van der Waals surface area contributed by atoms with Crippen molar-refractivity contribution >= 4 is 23.5 Å². The summed E-state index contributed by atoms with van der Waals surface area (Å²) in [5.74, 6) is -0.771. The number of benzene rings is 1. The van der Waals surface area contributed by atoms with E-state index in [1.807, 2.05) is 29.2 Å². The second kappa shape index (κ2) is 6.43. The highest BCUT2D eigenvalue weighted by Gasteiger charge is 2.53. The van der Waals surface area contributed by atoms with Gasteiger partial charge in [0.1, 0.15) is 0 Å². The zero-order chi connectivity index (χ0) is 18.3. The van der Waals surface area contributed by atoms with E-state index in [1.54, 1.807) is 10.9 Å². The molecule has 1 aromatic carbocycles. The molecule has 0 bridgehead atoms. The van der Waals surface area contributed by atoms with Crippen LogP contribution in [-0.2, 0) is 10.2 Å². The van der Waals surface area contributed by atoms with Gasteiger partial charge in [-0.1, -0.05) is 23.7 Å². The van der Waals surface area contributed by atoms with Gasteiger partial charge in [0.15, 0.2) is 0 Å². The van der Waals surface area contributed by atoms with Gasteiger partial charge in [0.05, 0.1) is 23.2 Å². The first-order chi connectivity index (χ1) is 12.5. The van der Waals surface area contributed by atoms with Crippen LogP contribution in [0.15, 0.2) is 36.7 Å². The number of likely N-dealkylation sites (tertiary alicyclic amines) is 1. The Kier molecular flexibility index (Phi) is 4.23. The van der Waals surface area contributed by atoms with Crippen molar-refractivity contribution in [3.05, 3.63) is 52.8 Å². The molecule has 26 heavy (non-hydrogen) atoms. The van der Waals surface area contributed by atoms with Gasteiger partial charge in [0.2, 0.25) is 5.91 Å². The summed E-state index contributed by atoms with van der Waals surface area (Å²) in [5, 5.41) is 13.9. The van der Waals surface area contributed by atoms with Crippen molar-refractivity contribution in [1.29, 1.82) is 0 Å². The van der Waals surface area contributed by atoms with Crippen molar-refractivity contribution in [3.63, 3.8) is 0 Å². The molecule has 4 rings (SSSR count). The van der Waals surface area contributed by atoms with Crippen LogP contribution in [-0.4, -0.2) is 44.8 Å². The minimum Gasteiger partial charge on any atom is -0.478 e. The Morgan fingerprint density at radius 3 is 2.35 bits per heavy atom. The maximum Gasteiger partial charge on any atom is 0.338 e. The van der Waals surface area contributed by atoms with Gasteiger partial charge in [-0.2, -0.15) is 5.10 Å². The summed E-state index contributed by atoms with van der Waals surface area (Å²) in [5.41, 5.74) is 0.870. The molecule has 1 saturated carbocycles. The zero-order valence-corrected chi connectivity index (χ0v) is 15.0. The predicted molar refractivity (Wildman–Crippen MR) is 96.4 cm³/mol. The van der Waals surface area contributed by atoms with Crippen LogP contribution in [0.5, 0.6) is 0 Å². The number of aromatic nitrogens is 2. The highest BCUT2D eigenvalue weighted by atomic mass is 35.5. The van der Waals surface area contributed by atoms with Crippen LogP contribution in [0.3, 0.4) is 0 Å². The number of halogens is 1. The van der Waals surface area contributed by atoms with E-state index in [1.165, 1.54) is 6.20 Å². The van der Waals surface area contributed by atoms with Gasteiger partial charge in [-0.3, -0.25) is 9.48 Å². The lowest BCUT2D eigenvalue weighted by Crippen LogP contribution is -2.44. The largest absolute Gasteiger partial charge is 0.478 e. The molecule has 0 atom stereocenters. The van der Waals surface area contributed by atoms with Crippen molar-refractivity contribution < 1.29 is 14.7 Å². The Labute approximate surface area is 156 Å². The predicted octanol–water partition coefficient (Wildman–Crippen LogP) is 3.13. The first-order valence-electron chi connectivity index (χ1n) is 8.82. The number of hydrogen-bond donors (Lipinski definition) is 1. The normalized spacial score (nSPS) is 19.3. The standard InChI is InChI=1S/C19H20ClN3O3/c20-15-3-1-14(2-4-15)19(7-8-19)18(26)22-9-5-16(6-10-22)23-12-13(11-21-23)17(24)25/h1-4,11-12,16H,5-10H2,(H,24,25). The Balaban J connectivity index is 1.42. The molecule has 6 nitrogen and oxygen atoms in total. The maximum absolute atomic E-state index is 13.1. The Hall–Kier alpha value is -2.34. The summed E-state index contributed by atoms with van der Waals surface area (Å²) < 4.78 is 1.72. The number of carbonyl (C=O) groups is 2. The molecule has 0 spiro atoms. The smallest absolute Gasteiger partial charge is 0.338 e. The molecule has 2 fully saturated rings. The molecular formula is C19H20ClN3O3. The molecule has 7 heteroatoms. The maximum atomic E-state index is 13.1. The van der Waals surface area contributed by atoms with E-state index in [4.69, 9.17) is 16.7 Å². The van der Waals surface area contributed by atoms with Gasteiger partial charge in [0, 0.05) is 24.3 Å². The number of piperidine rings is 1. The highest BCUT2D eigenvalue weighted by molar-refractivity contribution is 6.30. The molecule has 1 N–H and O–H groups in total. The Bertz CT molecular complexity index is 834. The average molecular weight is 374 g/mol. The van der Waals surface area contributed by atoms with Crippen LogP contribution in [0.25, 0.3) is 0 Å². The number of carboxylic acids is 1. The molecule has 1 aromatic heterocycles. The molecule has 2 aliphatic rings. The van der Waals surface area contributed by atoms with Crippen molar-refractivity contribution in [2.75, 3.05) is 13.1 Å². The first-order valence-corrected chi connectivity index (χ1v) is 9.20. The van der Waals surface area contributed by atoms with E-state index in [0.717, 1.165) is 31.2 Å². The molecular weight excluding hydrogens is 354 g/mol. The Morgan fingerprint density at radius 1 is 1.15 bits per heavy atom. The highest BCUT2D eigenvalue weighted by Crippen LogP contribution is 2.50. The van der Waals surface area contributed by atoms with Gasteiger partial charge in [0.25, 0.3) is 0 Å². The van der Waals surface area contributed by atoms with Crippen LogP contribution < -0.4 is 0 Å². The van der Waals surface area contributed by atoms with Gasteiger partial charge in [-0.15, -0.1) is 0 Å². The van der Waals surface area contributed by atoms with Crippen LogP contribution in [0, 0.1) is 0 Å². The lowest BCUT2D eigenvalue weighted by molar-refractivity contribution is -0.135. The molecule has 1 saturated heterocycles. The number of carbonyl (C=O) groups excluding carboxylic acids is 1. The molecule has 1 amide bonds. The number of aromatic carboxylic acids is 1. The van der Waals surface area contributed by atoms with E-state index in [-0.39, 0.29) is 22.9 Å². The third-order valence-electron chi connectivity index (χ3n) is 5.53. The molecule has 2 heterocycles. The Morgan fingerprint density at radius 2 is 1.81 bits per heavy atom. The summed E-state index contributed by atoms with van der Waals surface area (Å²) in [4.78, 5) is 26.0. The summed E-state index contributed by atoms with van der Waals surface area (Å²) in [6.45, 7) is 1.34. The van der Waals surface area contributed by atoms with Crippen molar-refractivity contribution in [2.45, 2.75) is 37.1 Å². The van der Waals surface area contributed by atoms with E-state index >= 15 is 0 Å². The quantitative estimate of drug-likeness (QED) is 0.893. The third-order valence-corrected chi connectivity index (χ3v) is 5.78. The minimum absolute atomic E-state index is 0.137. The lowest BCUT2D eigenvalue weighted by atomic mass is 9.93. The summed E-state index contributed by atoms with van der Waals surface area (Å²) >= 11 is 5.97. The monoisotopic (exact) mass is 373 g/mol. The van der Waals surface area contributed by atoms with Gasteiger partial charge >= 0.3 is 5.97 Å². The van der Waals surface area contributed by atoms with Gasteiger partial charge in [-0.25, -0.2) is 4.79 Å². The summed E-state index contributed by atoms with van der Waals surface area (Å²) in [6.07, 6.45) is 6.27. The molecule has 0 radical (unpaired) electrons. The fourth-order valence-electron chi connectivity index (χ4n) is 3.80. The lowest BCUT2D eigenvalue weighted by Gasteiger charge is -2.34.